The fourth-order valence-electron chi connectivity index (χ4n) is 4.90. The van der Waals surface area contributed by atoms with Crippen molar-refractivity contribution in [3.63, 3.8) is 0 Å². The standard InChI is InChI=1S/C36H31F4NO6S/c1-22(2)31-20-34(41-48(44,45)30-16-14-28(15-17-30)47-27-12-10-26(37)11-13-27)33(35(42)43)19-32(31)24-8-6-23(7-9-24)21-46-29-5-3-4-25(18-29)36(38,39)40/h3-20,22,35,41-43H,21H2,1-2H3. The first kappa shape index (κ1) is 34.4. The molecule has 3 N–H and O–H groups in total. The lowest BCUT2D eigenvalue weighted by Crippen LogP contribution is -2.16. The number of nitrogens with one attached hydrogen (secondary N) is 1. The summed E-state index contributed by atoms with van der Waals surface area (Å²) in [6.45, 7) is 3.83. The number of benzene rings is 5. The molecule has 0 saturated heterocycles. The van der Waals surface area contributed by atoms with Gasteiger partial charge in [0, 0.05) is 5.56 Å². The number of ether oxygens (including phenoxy) is 2. The van der Waals surface area contributed by atoms with E-state index in [-0.39, 0.29) is 34.4 Å². The lowest BCUT2D eigenvalue weighted by atomic mass is 9.89. The molecule has 7 nitrogen and oxygen atoms in total. The minimum Gasteiger partial charge on any atom is -0.489 e. The predicted octanol–water partition coefficient (Wildman–Crippen LogP) is 8.79. The molecule has 250 valence electrons. The number of rotatable bonds is 11. The first-order chi connectivity index (χ1) is 22.7. The minimum absolute atomic E-state index is 0.0132. The number of aliphatic hydroxyl groups is 2. The third-order valence-electron chi connectivity index (χ3n) is 7.38. The van der Waals surface area contributed by atoms with Crippen LogP contribution >= 0.6 is 0 Å². The van der Waals surface area contributed by atoms with Gasteiger partial charge >= 0.3 is 6.18 Å². The summed E-state index contributed by atoms with van der Waals surface area (Å²) in [5.41, 5.74) is 1.81. The Bertz CT molecular complexity index is 1980. The van der Waals surface area contributed by atoms with E-state index in [1.54, 1.807) is 30.3 Å². The van der Waals surface area contributed by atoms with Crippen LogP contribution in [0, 0.1) is 5.82 Å². The van der Waals surface area contributed by atoms with Gasteiger partial charge in [0.15, 0.2) is 6.29 Å². The number of aliphatic hydroxyl groups excluding tert-OH is 1. The lowest BCUT2D eigenvalue weighted by molar-refractivity contribution is -0.137. The molecule has 5 aromatic rings. The van der Waals surface area contributed by atoms with Crippen molar-refractivity contribution in [2.75, 3.05) is 4.72 Å². The molecular formula is C36H31F4NO6S. The van der Waals surface area contributed by atoms with E-state index in [0.29, 0.717) is 33.8 Å². The van der Waals surface area contributed by atoms with Crippen molar-refractivity contribution < 1.29 is 45.7 Å². The maximum atomic E-state index is 13.4. The summed E-state index contributed by atoms with van der Waals surface area (Å²) >= 11 is 0. The van der Waals surface area contributed by atoms with Crippen LogP contribution in [0.15, 0.2) is 114 Å². The molecule has 48 heavy (non-hydrogen) atoms. The highest BCUT2D eigenvalue weighted by Gasteiger charge is 2.30. The summed E-state index contributed by atoms with van der Waals surface area (Å²) in [4.78, 5) is -0.106. The van der Waals surface area contributed by atoms with Gasteiger partial charge < -0.3 is 19.7 Å². The van der Waals surface area contributed by atoms with Crippen molar-refractivity contribution >= 4 is 15.7 Å². The summed E-state index contributed by atoms with van der Waals surface area (Å²) in [5, 5.41) is 20.5. The largest absolute Gasteiger partial charge is 0.489 e. The highest BCUT2D eigenvalue weighted by atomic mass is 32.2. The third kappa shape index (κ3) is 8.32. The summed E-state index contributed by atoms with van der Waals surface area (Å²) in [5.74, 6) is 0.233. The van der Waals surface area contributed by atoms with Crippen molar-refractivity contribution in [3.05, 3.63) is 137 Å². The number of anilines is 1. The Balaban J connectivity index is 1.36. The van der Waals surface area contributed by atoms with Crippen LogP contribution in [0.25, 0.3) is 11.1 Å². The van der Waals surface area contributed by atoms with Crippen molar-refractivity contribution in [3.8, 4) is 28.4 Å². The van der Waals surface area contributed by atoms with E-state index in [1.165, 1.54) is 66.7 Å². The first-order valence-electron chi connectivity index (χ1n) is 14.7. The Hall–Kier alpha value is -4.91. The van der Waals surface area contributed by atoms with Gasteiger partial charge in [-0.25, -0.2) is 12.8 Å². The van der Waals surface area contributed by atoms with Crippen LogP contribution in [0.4, 0.5) is 23.2 Å². The molecule has 0 heterocycles. The summed E-state index contributed by atoms with van der Waals surface area (Å²) in [6, 6.07) is 25.6. The van der Waals surface area contributed by atoms with Gasteiger partial charge in [0.25, 0.3) is 10.0 Å². The summed E-state index contributed by atoms with van der Waals surface area (Å²) < 4.78 is 92.7. The van der Waals surface area contributed by atoms with Crippen molar-refractivity contribution in [1.29, 1.82) is 0 Å². The van der Waals surface area contributed by atoms with Crippen LogP contribution in [0.2, 0.25) is 0 Å². The molecule has 0 saturated carbocycles. The number of hydrogen-bond acceptors (Lipinski definition) is 6. The molecule has 0 aliphatic heterocycles. The molecule has 0 aliphatic rings. The fourth-order valence-corrected chi connectivity index (χ4v) is 5.98. The van der Waals surface area contributed by atoms with Crippen molar-refractivity contribution in [2.45, 2.75) is 43.7 Å². The predicted molar refractivity (Wildman–Crippen MR) is 173 cm³/mol. The zero-order chi connectivity index (χ0) is 34.6. The Morgan fingerprint density at radius 2 is 1.40 bits per heavy atom. The number of hydrogen-bond donors (Lipinski definition) is 3. The average Bonchev–Trinajstić information content (AvgIpc) is 3.04. The Morgan fingerprint density at radius 3 is 1.98 bits per heavy atom. The zero-order valence-electron chi connectivity index (χ0n) is 25.7. The Morgan fingerprint density at radius 1 is 0.771 bits per heavy atom. The summed E-state index contributed by atoms with van der Waals surface area (Å²) in [6.07, 6.45) is -6.51. The normalized spacial score (nSPS) is 12.0. The van der Waals surface area contributed by atoms with Gasteiger partial charge in [-0.3, -0.25) is 4.72 Å². The van der Waals surface area contributed by atoms with Gasteiger partial charge in [0.1, 0.15) is 29.7 Å². The van der Waals surface area contributed by atoms with Crippen LogP contribution in [-0.2, 0) is 22.8 Å². The van der Waals surface area contributed by atoms with Gasteiger partial charge in [0.05, 0.1) is 16.1 Å². The highest BCUT2D eigenvalue weighted by molar-refractivity contribution is 7.92. The van der Waals surface area contributed by atoms with E-state index in [4.69, 9.17) is 9.47 Å². The second-order valence-electron chi connectivity index (χ2n) is 11.2. The second-order valence-corrected chi connectivity index (χ2v) is 12.9. The van der Waals surface area contributed by atoms with E-state index >= 15 is 0 Å². The fraction of sp³-hybridized carbons (Fsp3) is 0.167. The van der Waals surface area contributed by atoms with Crippen LogP contribution in [0.3, 0.4) is 0 Å². The minimum atomic E-state index is -4.49. The quantitative estimate of drug-likeness (QED) is 0.0951. The average molecular weight is 682 g/mol. The van der Waals surface area contributed by atoms with Gasteiger partial charge in [-0.2, -0.15) is 13.2 Å². The first-order valence-corrected chi connectivity index (χ1v) is 16.2. The van der Waals surface area contributed by atoms with E-state index in [1.807, 2.05) is 13.8 Å². The Labute approximate surface area is 275 Å². The van der Waals surface area contributed by atoms with E-state index < -0.39 is 33.9 Å². The molecule has 5 rings (SSSR count). The molecule has 5 aromatic carbocycles. The summed E-state index contributed by atoms with van der Waals surface area (Å²) in [7, 11) is -4.18. The SMILES string of the molecule is CC(C)c1cc(NS(=O)(=O)c2ccc(Oc3ccc(F)cc3)cc2)c(C(O)O)cc1-c1ccc(COc2cccc(C(F)(F)F)c2)cc1. The molecule has 0 aliphatic carbocycles. The molecule has 0 radical (unpaired) electrons. The van der Waals surface area contributed by atoms with Gasteiger partial charge in [0.2, 0.25) is 0 Å². The zero-order valence-corrected chi connectivity index (χ0v) is 26.5. The monoisotopic (exact) mass is 681 g/mol. The molecule has 0 fully saturated rings. The maximum Gasteiger partial charge on any atom is 0.416 e. The molecule has 0 spiro atoms. The molecular weight excluding hydrogens is 650 g/mol. The highest BCUT2D eigenvalue weighted by Crippen LogP contribution is 2.37. The van der Waals surface area contributed by atoms with Crippen molar-refractivity contribution in [1.82, 2.24) is 0 Å². The molecule has 0 aromatic heterocycles. The maximum absolute atomic E-state index is 13.4. The molecule has 0 unspecified atom stereocenters. The van der Waals surface area contributed by atoms with Gasteiger partial charge in [-0.05, 0) is 107 Å². The van der Waals surface area contributed by atoms with Gasteiger partial charge in [-0.15, -0.1) is 0 Å². The van der Waals surface area contributed by atoms with Crippen LogP contribution in [0.5, 0.6) is 17.2 Å². The van der Waals surface area contributed by atoms with Gasteiger partial charge in [-0.1, -0.05) is 44.2 Å². The molecule has 0 bridgehead atoms. The topological polar surface area (TPSA) is 105 Å². The smallest absolute Gasteiger partial charge is 0.416 e. The second kappa shape index (κ2) is 14.1. The number of halogens is 4. The van der Waals surface area contributed by atoms with Crippen LogP contribution in [0.1, 0.15) is 48.3 Å². The van der Waals surface area contributed by atoms with Crippen LogP contribution in [-0.4, -0.2) is 18.6 Å². The third-order valence-corrected chi connectivity index (χ3v) is 8.76. The Kier molecular flexibility index (Phi) is 10.1. The lowest BCUT2D eigenvalue weighted by Gasteiger charge is -2.21. The van der Waals surface area contributed by atoms with E-state index in [2.05, 4.69) is 4.72 Å². The number of alkyl halides is 3. The van der Waals surface area contributed by atoms with Crippen LogP contribution < -0.4 is 14.2 Å². The van der Waals surface area contributed by atoms with Crippen molar-refractivity contribution in [2.24, 2.45) is 0 Å². The number of sulfonamides is 1. The molecule has 0 amide bonds. The van der Waals surface area contributed by atoms with E-state index in [9.17, 15) is 36.2 Å². The molecule has 12 heteroatoms. The van der Waals surface area contributed by atoms with E-state index in [0.717, 1.165) is 12.1 Å². The molecule has 0 atom stereocenters.